The van der Waals surface area contributed by atoms with Crippen LogP contribution in [0.2, 0.25) is 0 Å². The molecule has 0 aliphatic heterocycles. The number of carbonyl (C=O) groups is 1. The van der Waals surface area contributed by atoms with E-state index in [4.69, 9.17) is 0 Å². The van der Waals surface area contributed by atoms with Gasteiger partial charge < -0.3 is 10.6 Å². The number of benzene rings is 1. The summed E-state index contributed by atoms with van der Waals surface area (Å²) in [5.74, 6) is -0.412. The summed E-state index contributed by atoms with van der Waals surface area (Å²) in [6.45, 7) is 3.93. The van der Waals surface area contributed by atoms with E-state index in [2.05, 4.69) is 10.6 Å². The summed E-state index contributed by atoms with van der Waals surface area (Å²) >= 11 is 0. The van der Waals surface area contributed by atoms with Crippen molar-refractivity contribution >= 4 is 18.3 Å². The van der Waals surface area contributed by atoms with Crippen LogP contribution in [-0.4, -0.2) is 19.5 Å². The monoisotopic (exact) mass is 260 g/mol. The molecule has 0 fully saturated rings. The third kappa shape index (κ3) is 4.71. The molecule has 0 saturated heterocycles. The van der Waals surface area contributed by atoms with Gasteiger partial charge in [-0.15, -0.1) is 12.4 Å². The lowest BCUT2D eigenvalue weighted by molar-refractivity contribution is -0.121. The molecule has 96 valence electrons. The Morgan fingerprint density at radius 3 is 2.59 bits per heavy atom. The zero-order valence-electron chi connectivity index (χ0n) is 10.2. The van der Waals surface area contributed by atoms with Gasteiger partial charge in [0, 0.05) is 0 Å². The first-order valence-corrected chi connectivity index (χ1v) is 5.17. The van der Waals surface area contributed by atoms with Crippen molar-refractivity contribution in [3.05, 3.63) is 35.6 Å². The molecule has 0 spiro atoms. The van der Waals surface area contributed by atoms with E-state index in [0.29, 0.717) is 0 Å². The highest BCUT2D eigenvalue weighted by atomic mass is 35.5. The Kier molecular flexibility index (Phi) is 6.13. The van der Waals surface area contributed by atoms with Crippen LogP contribution in [0.4, 0.5) is 4.39 Å². The van der Waals surface area contributed by atoms with E-state index >= 15 is 0 Å². The fourth-order valence-electron chi connectivity index (χ4n) is 1.50. The minimum absolute atomic E-state index is 0. The number of amides is 1. The maximum absolute atomic E-state index is 13.1. The van der Waals surface area contributed by atoms with Crippen molar-refractivity contribution in [3.8, 4) is 0 Å². The average Bonchev–Trinajstić information content (AvgIpc) is 2.17. The van der Waals surface area contributed by atoms with Crippen molar-refractivity contribution in [3.63, 3.8) is 0 Å². The number of hydrogen-bond donors (Lipinski definition) is 2. The second-order valence-electron chi connectivity index (χ2n) is 4.21. The lowest BCUT2D eigenvalue weighted by Gasteiger charge is -2.27. The molecule has 1 rings (SSSR count). The van der Waals surface area contributed by atoms with Crippen LogP contribution in [0, 0.1) is 5.82 Å². The Labute approximate surface area is 107 Å². The van der Waals surface area contributed by atoms with Gasteiger partial charge in [-0.3, -0.25) is 4.79 Å². The fraction of sp³-hybridized carbons (Fsp3) is 0.417. The third-order valence-corrected chi connectivity index (χ3v) is 2.34. The number of halogens is 2. The molecule has 0 atom stereocenters. The second kappa shape index (κ2) is 6.57. The summed E-state index contributed by atoms with van der Waals surface area (Å²) in [5, 5.41) is 5.60. The first-order valence-electron chi connectivity index (χ1n) is 5.17. The molecular formula is C12H18ClFN2O. The second-order valence-corrected chi connectivity index (χ2v) is 4.21. The summed E-state index contributed by atoms with van der Waals surface area (Å²) in [4.78, 5) is 11.4. The lowest BCUT2D eigenvalue weighted by Crippen LogP contribution is -2.44. The predicted octanol–water partition coefficient (Wildman–Crippen LogP) is 1.82. The fourth-order valence-corrected chi connectivity index (χ4v) is 1.50. The normalized spacial score (nSPS) is 10.6. The van der Waals surface area contributed by atoms with Crippen molar-refractivity contribution < 1.29 is 9.18 Å². The van der Waals surface area contributed by atoms with Crippen LogP contribution in [0.1, 0.15) is 19.4 Å². The Hall–Kier alpha value is -1.13. The first-order chi connectivity index (χ1) is 7.45. The van der Waals surface area contributed by atoms with E-state index < -0.39 is 5.54 Å². The van der Waals surface area contributed by atoms with Gasteiger partial charge in [-0.05, 0) is 38.6 Å². The van der Waals surface area contributed by atoms with Gasteiger partial charge in [-0.2, -0.15) is 0 Å². The number of carbonyl (C=O) groups excluding carboxylic acids is 1. The number of likely N-dealkylation sites (N-methyl/N-ethyl adjacent to an activating group) is 1. The van der Waals surface area contributed by atoms with E-state index in [1.54, 1.807) is 19.2 Å². The summed E-state index contributed by atoms with van der Waals surface area (Å²) in [6, 6.07) is 6.24. The van der Waals surface area contributed by atoms with Gasteiger partial charge in [-0.1, -0.05) is 12.1 Å². The van der Waals surface area contributed by atoms with E-state index in [1.807, 2.05) is 13.8 Å². The molecule has 0 aliphatic rings. The van der Waals surface area contributed by atoms with Crippen LogP contribution < -0.4 is 10.6 Å². The maximum Gasteiger partial charge on any atom is 0.234 e. The summed E-state index contributed by atoms with van der Waals surface area (Å²) in [6.07, 6.45) is 0. The van der Waals surface area contributed by atoms with E-state index in [-0.39, 0.29) is 30.7 Å². The van der Waals surface area contributed by atoms with Crippen LogP contribution in [0.25, 0.3) is 0 Å². The maximum atomic E-state index is 13.1. The molecule has 0 unspecified atom stereocenters. The van der Waals surface area contributed by atoms with Crippen molar-refractivity contribution in [2.45, 2.75) is 19.4 Å². The number of hydrogen-bond acceptors (Lipinski definition) is 2. The quantitative estimate of drug-likeness (QED) is 0.867. The summed E-state index contributed by atoms with van der Waals surface area (Å²) in [5.41, 5.74) is 0.174. The molecule has 0 heterocycles. The van der Waals surface area contributed by atoms with Crippen molar-refractivity contribution in [2.24, 2.45) is 0 Å². The van der Waals surface area contributed by atoms with Crippen LogP contribution in [0.3, 0.4) is 0 Å². The number of rotatable bonds is 4. The molecule has 0 bridgehead atoms. The highest BCUT2D eigenvalue weighted by Gasteiger charge is 2.22. The highest BCUT2D eigenvalue weighted by molar-refractivity contribution is 5.85. The van der Waals surface area contributed by atoms with Gasteiger partial charge in [0.2, 0.25) is 5.91 Å². The average molecular weight is 261 g/mol. The van der Waals surface area contributed by atoms with E-state index in [0.717, 1.165) is 5.56 Å². The van der Waals surface area contributed by atoms with Gasteiger partial charge >= 0.3 is 0 Å². The molecule has 1 amide bonds. The molecule has 3 nitrogen and oxygen atoms in total. The number of nitrogens with one attached hydrogen (secondary N) is 2. The minimum atomic E-state index is -0.573. The Balaban J connectivity index is 0.00000256. The zero-order chi connectivity index (χ0) is 12.2. The Morgan fingerprint density at radius 2 is 2.06 bits per heavy atom. The SMILES string of the molecule is CNCC(=O)NC(C)(C)c1cccc(F)c1.Cl. The molecule has 0 saturated carbocycles. The summed E-state index contributed by atoms with van der Waals surface area (Å²) < 4.78 is 13.1. The highest BCUT2D eigenvalue weighted by Crippen LogP contribution is 2.20. The Bertz CT molecular complexity index is 383. The summed E-state index contributed by atoms with van der Waals surface area (Å²) in [7, 11) is 1.70. The standard InChI is InChI=1S/C12H17FN2O.ClH/c1-12(2,15-11(16)8-14-3)9-5-4-6-10(13)7-9;/h4-7,14H,8H2,1-3H3,(H,15,16);1H. The molecule has 1 aromatic rings. The van der Waals surface area contributed by atoms with E-state index in [1.165, 1.54) is 12.1 Å². The minimum Gasteiger partial charge on any atom is -0.346 e. The Morgan fingerprint density at radius 1 is 1.41 bits per heavy atom. The van der Waals surface area contributed by atoms with Gasteiger partial charge in [-0.25, -0.2) is 4.39 Å². The smallest absolute Gasteiger partial charge is 0.234 e. The van der Waals surface area contributed by atoms with Crippen LogP contribution in [0.5, 0.6) is 0 Å². The van der Waals surface area contributed by atoms with Crippen molar-refractivity contribution in [1.82, 2.24) is 10.6 Å². The largest absolute Gasteiger partial charge is 0.346 e. The topological polar surface area (TPSA) is 41.1 Å². The van der Waals surface area contributed by atoms with Crippen LogP contribution in [0.15, 0.2) is 24.3 Å². The molecule has 1 aromatic carbocycles. The van der Waals surface area contributed by atoms with Gasteiger partial charge in [0.05, 0.1) is 12.1 Å². The third-order valence-electron chi connectivity index (χ3n) is 2.34. The molecule has 2 N–H and O–H groups in total. The molecule has 5 heteroatoms. The molecule has 17 heavy (non-hydrogen) atoms. The molecular weight excluding hydrogens is 243 g/mol. The lowest BCUT2D eigenvalue weighted by atomic mass is 9.94. The van der Waals surface area contributed by atoms with Gasteiger partial charge in [0.25, 0.3) is 0 Å². The zero-order valence-corrected chi connectivity index (χ0v) is 11.0. The van der Waals surface area contributed by atoms with Gasteiger partial charge in [0.15, 0.2) is 0 Å². The van der Waals surface area contributed by atoms with Crippen molar-refractivity contribution in [2.75, 3.05) is 13.6 Å². The predicted molar refractivity (Wildman–Crippen MR) is 68.7 cm³/mol. The first kappa shape index (κ1) is 15.9. The molecule has 0 radical (unpaired) electrons. The van der Waals surface area contributed by atoms with Crippen LogP contribution >= 0.6 is 12.4 Å². The molecule has 0 aromatic heterocycles. The van der Waals surface area contributed by atoms with Crippen LogP contribution in [-0.2, 0) is 10.3 Å². The molecule has 0 aliphatic carbocycles. The van der Waals surface area contributed by atoms with E-state index in [9.17, 15) is 9.18 Å². The van der Waals surface area contributed by atoms with Crippen molar-refractivity contribution in [1.29, 1.82) is 0 Å². The van der Waals surface area contributed by atoms with Gasteiger partial charge in [0.1, 0.15) is 5.82 Å².